The van der Waals surface area contributed by atoms with E-state index in [-0.39, 0.29) is 0 Å². The van der Waals surface area contributed by atoms with Crippen molar-refractivity contribution < 1.29 is 0 Å². The molecule has 0 atom stereocenters. The minimum atomic E-state index is 0.463. The third-order valence-electron chi connectivity index (χ3n) is 5.95. The van der Waals surface area contributed by atoms with E-state index >= 15 is 0 Å². The molecule has 5 rings (SSSR count). The highest BCUT2D eigenvalue weighted by atomic mass is 79.9. The maximum atomic E-state index is 4.64. The number of halogens is 1. The molecule has 4 bridgehead atoms. The van der Waals surface area contributed by atoms with Crippen molar-refractivity contribution in [2.45, 2.75) is 63.2 Å². The van der Waals surface area contributed by atoms with Crippen molar-refractivity contribution in [1.29, 1.82) is 0 Å². The van der Waals surface area contributed by atoms with Crippen LogP contribution in [-0.2, 0) is 5.33 Å². The van der Waals surface area contributed by atoms with E-state index in [9.17, 15) is 0 Å². The lowest BCUT2D eigenvalue weighted by molar-refractivity contribution is -0.00717. The average molecular weight is 338 g/mol. The van der Waals surface area contributed by atoms with Crippen LogP contribution in [0, 0.1) is 23.7 Å². The normalized spacial score (nSPS) is 38.9. The summed E-state index contributed by atoms with van der Waals surface area (Å²) in [5.74, 6) is 6.91. The molecule has 1 aromatic rings. The molecular formula is C16H24BrN3. The Bertz CT molecular complexity index is 480. The van der Waals surface area contributed by atoms with Gasteiger partial charge in [-0.15, -0.1) is 10.2 Å². The highest BCUT2D eigenvalue weighted by molar-refractivity contribution is 9.08. The zero-order valence-electron chi connectivity index (χ0n) is 12.4. The largest absolute Gasteiger partial charge is 0.311 e. The van der Waals surface area contributed by atoms with Crippen molar-refractivity contribution in [3.05, 3.63) is 11.6 Å². The molecule has 4 aliphatic carbocycles. The summed E-state index contributed by atoms with van der Waals surface area (Å²) >= 11 is 3.57. The lowest BCUT2D eigenvalue weighted by Gasteiger charge is -2.54. The fraction of sp³-hybridized carbons (Fsp3) is 0.875. The molecule has 3 nitrogen and oxygen atoms in total. The summed E-state index contributed by atoms with van der Waals surface area (Å²) in [4.78, 5) is 0. The highest BCUT2D eigenvalue weighted by Gasteiger charge is 2.50. The van der Waals surface area contributed by atoms with Crippen molar-refractivity contribution in [2.24, 2.45) is 23.7 Å². The van der Waals surface area contributed by atoms with Gasteiger partial charge in [0.1, 0.15) is 11.6 Å². The maximum Gasteiger partial charge on any atom is 0.143 e. The second-order valence-electron chi connectivity index (χ2n) is 7.53. The third kappa shape index (κ3) is 1.90. The molecule has 0 aromatic carbocycles. The first kappa shape index (κ1) is 13.3. The van der Waals surface area contributed by atoms with Gasteiger partial charge in [0.05, 0.1) is 5.33 Å². The van der Waals surface area contributed by atoms with Gasteiger partial charge in [-0.3, -0.25) is 0 Å². The molecule has 0 spiro atoms. The van der Waals surface area contributed by atoms with Gasteiger partial charge in [-0.25, -0.2) is 0 Å². The van der Waals surface area contributed by atoms with E-state index in [2.05, 4.69) is 44.5 Å². The standard InChI is InChI=1S/C16H24BrN3/c1-9(2)20-14(8-17)18-19-16(20)15-12-4-10-3-11(6-12)7-13(15)5-10/h9-13,15H,3-8H2,1-2H3. The van der Waals surface area contributed by atoms with Crippen LogP contribution in [0.3, 0.4) is 0 Å². The molecule has 4 saturated carbocycles. The fourth-order valence-electron chi connectivity index (χ4n) is 5.57. The molecule has 0 aliphatic heterocycles. The SMILES string of the molecule is CC(C)n1c(CBr)nnc1C1C2CC3CC(C2)CC1C3. The van der Waals surface area contributed by atoms with E-state index in [0.717, 1.165) is 34.8 Å². The van der Waals surface area contributed by atoms with Gasteiger partial charge in [0.2, 0.25) is 0 Å². The third-order valence-corrected chi connectivity index (χ3v) is 6.46. The first-order chi connectivity index (χ1) is 9.67. The molecule has 0 saturated heterocycles. The first-order valence-corrected chi connectivity index (χ1v) is 9.29. The van der Waals surface area contributed by atoms with Crippen molar-refractivity contribution in [3.63, 3.8) is 0 Å². The van der Waals surface area contributed by atoms with Gasteiger partial charge in [0, 0.05) is 12.0 Å². The van der Waals surface area contributed by atoms with Crippen molar-refractivity contribution >= 4 is 15.9 Å². The maximum absolute atomic E-state index is 4.64. The zero-order chi connectivity index (χ0) is 13.9. The van der Waals surface area contributed by atoms with Crippen molar-refractivity contribution in [1.82, 2.24) is 14.8 Å². The number of nitrogens with zero attached hydrogens (tertiary/aromatic N) is 3. The summed E-state index contributed by atoms with van der Waals surface area (Å²) in [6, 6.07) is 0.463. The molecule has 0 unspecified atom stereocenters. The molecule has 1 aromatic heterocycles. The zero-order valence-corrected chi connectivity index (χ0v) is 14.0. The van der Waals surface area contributed by atoms with E-state index in [1.807, 2.05) is 0 Å². The summed E-state index contributed by atoms with van der Waals surface area (Å²) in [6.07, 6.45) is 7.32. The molecule has 0 amide bonds. The van der Waals surface area contributed by atoms with Crippen LogP contribution in [0.1, 0.15) is 69.6 Å². The molecule has 20 heavy (non-hydrogen) atoms. The van der Waals surface area contributed by atoms with Gasteiger partial charge < -0.3 is 4.57 Å². The van der Waals surface area contributed by atoms with Gasteiger partial charge in [-0.05, 0) is 69.6 Å². The summed E-state index contributed by atoms with van der Waals surface area (Å²) in [5, 5.41) is 9.90. The Kier molecular flexibility index (Phi) is 3.21. The molecule has 0 radical (unpaired) electrons. The van der Waals surface area contributed by atoms with Crippen molar-refractivity contribution in [2.75, 3.05) is 0 Å². The number of aromatic nitrogens is 3. The lowest BCUT2D eigenvalue weighted by atomic mass is 9.51. The topological polar surface area (TPSA) is 30.7 Å². The van der Waals surface area contributed by atoms with Crippen LogP contribution in [-0.4, -0.2) is 14.8 Å². The molecule has 4 aliphatic rings. The van der Waals surface area contributed by atoms with Gasteiger partial charge >= 0.3 is 0 Å². The summed E-state index contributed by atoms with van der Waals surface area (Å²) in [7, 11) is 0. The molecule has 1 heterocycles. The number of hydrogen-bond donors (Lipinski definition) is 0. The van der Waals surface area contributed by atoms with E-state index in [1.165, 1.54) is 37.9 Å². The number of hydrogen-bond acceptors (Lipinski definition) is 2. The van der Waals surface area contributed by atoms with E-state index in [0.29, 0.717) is 12.0 Å². The van der Waals surface area contributed by atoms with Crippen LogP contribution in [0.15, 0.2) is 0 Å². The minimum absolute atomic E-state index is 0.463. The Balaban J connectivity index is 1.73. The molecule has 110 valence electrons. The van der Waals surface area contributed by atoms with Gasteiger partial charge in [-0.2, -0.15) is 0 Å². The molecular weight excluding hydrogens is 314 g/mol. The van der Waals surface area contributed by atoms with Crippen LogP contribution in [0.5, 0.6) is 0 Å². The Morgan fingerprint density at radius 1 is 1.05 bits per heavy atom. The molecule has 4 fully saturated rings. The minimum Gasteiger partial charge on any atom is -0.311 e. The fourth-order valence-corrected chi connectivity index (χ4v) is 5.95. The van der Waals surface area contributed by atoms with Crippen molar-refractivity contribution in [3.8, 4) is 0 Å². The summed E-state index contributed by atoms with van der Waals surface area (Å²) < 4.78 is 2.40. The monoisotopic (exact) mass is 337 g/mol. The van der Waals surface area contributed by atoms with Crippen LogP contribution < -0.4 is 0 Å². The number of rotatable bonds is 3. The van der Waals surface area contributed by atoms with Gasteiger partial charge in [0.25, 0.3) is 0 Å². The van der Waals surface area contributed by atoms with Crippen LogP contribution in [0.4, 0.5) is 0 Å². The average Bonchev–Trinajstić information content (AvgIpc) is 2.81. The molecule has 0 N–H and O–H groups in total. The second-order valence-corrected chi connectivity index (χ2v) is 8.09. The Morgan fingerprint density at radius 3 is 2.15 bits per heavy atom. The molecule has 4 heteroatoms. The second kappa shape index (κ2) is 4.82. The van der Waals surface area contributed by atoms with E-state index in [4.69, 9.17) is 0 Å². The quantitative estimate of drug-likeness (QED) is 0.770. The first-order valence-electron chi connectivity index (χ1n) is 8.17. The van der Waals surface area contributed by atoms with Gasteiger partial charge in [-0.1, -0.05) is 15.9 Å². The van der Waals surface area contributed by atoms with Crippen LogP contribution in [0.2, 0.25) is 0 Å². The number of alkyl halides is 1. The lowest BCUT2D eigenvalue weighted by Crippen LogP contribution is -2.44. The van der Waals surface area contributed by atoms with E-state index in [1.54, 1.807) is 0 Å². The predicted molar refractivity (Wildman–Crippen MR) is 82.8 cm³/mol. The summed E-state index contributed by atoms with van der Waals surface area (Å²) in [5.41, 5.74) is 0. The smallest absolute Gasteiger partial charge is 0.143 e. The van der Waals surface area contributed by atoms with E-state index < -0.39 is 0 Å². The van der Waals surface area contributed by atoms with Crippen LogP contribution >= 0.6 is 15.9 Å². The van der Waals surface area contributed by atoms with Crippen LogP contribution in [0.25, 0.3) is 0 Å². The summed E-state index contributed by atoms with van der Waals surface area (Å²) in [6.45, 7) is 4.52. The predicted octanol–water partition coefficient (Wildman–Crippen LogP) is 4.29. The van der Waals surface area contributed by atoms with Gasteiger partial charge in [0.15, 0.2) is 0 Å². The highest BCUT2D eigenvalue weighted by Crippen LogP contribution is 2.59. The Hall–Kier alpha value is -0.380. The Morgan fingerprint density at radius 2 is 1.65 bits per heavy atom. The Labute approximate surface area is 129 Å².